The first-order chi connectivity index (χ1) is 9.87. The number of carbonyl (C=O) groups is 1. The maximum absolute atomic E-state index is 12.2. The number of hydrogen-bond acceptors (Lipinski definition) is 2. The van der Waals surface area contributed by atoms with Crippen LogP contribution < -0.4 is 0 Å². The minimum absolute atomic E-state index is 0.0648. The van der Waals surface area contributed by atoms with Crippen molar-refractivity contribution >= 4 is 37.8 Å². The Bertz CT molecular complexity index is 606. The molecule has 0 aliphatic heterocycles. The quantitative estimate of drug-likeness (QED) is 0.537. The number of hydrogen-bond donors (Lipinski definition) is 0. The second kappa shape index (κ2) is 6.41. The van der Waals surface area contributed by atoms with Crippen molar-refractivity contribution in [2.45, 2.75) is 27.0 Å². The monoisotopic (exact) mass is 413 g/mol. The van der Waals surface area contributed by atoms with Gasteiger partial charge in [0.05, 0.1) is 21.5 Å². The van der Waals surface area contributed by atoms with Gasteiger partial charge < -0.3 is 9.30 Å². The highest BCUT2D eigenvalue weighted by atomic mass is 79.9. The van der Waals surface area contributed by atoms with E-state index in [1.54, 1.807) is 0 Å². The molecule has 1 aromatic rings. The molecular weight excluding hydrogens is 398 g/mol. The summed E-state index contributed by atoms with van der Waals surface area (Å²) >= 11 is 6.69. The van der Waals surface area contributed by atoms with Gasteiger partial charge in [-0.05, 0) is 55.3 Å². The lowest BCUT2D eigenvalue weighted by molar-refractivity contribution is -0.147. The number of aromatic nitrogens is 1. The van der Waals surface area contributed by atoms with Crippen LogP contribution in [0.2, 0.25) is 0 Å². The zero-order valence-electron chi connectivity index (χ0n) is 12.0. The molecule has 0 amide bonds. The van der Waals surface area contributed by atoms with Crippen LogP contribution in [-0.4, -0.2) is 10.5 Å². The van der Waals surface area contributed by atoms with Crippen LogP contribution in [0.4, 0.5) is 0 Å². The maximum atomic E-state index is 12.2. The molecule has 112 valence electrons. The molecule has 1 saturated carbocycles. The van der Waals surface area contributed by atoms with E-state index < -0.39 is 0 Å². The molecule has 1 aliphatic rings. The Balaban J connectivity index is 1.96. The first-order valence-corrected chi connectivity index (χ1v) is 8.23. The normalized spacial score (nSPS) is 22.2. The van der Waals surface area contributed by atoms with Crippen molar-refractivity contribution in [2.24, 2.45) is 17.3 Å². The summed E-state index contributed by atoms with van der Waals surface area (Å²) in [5.41, 5.74) is 0.846. The van der Waals surface area contributed by atoms with Gasteiger partial charge in [0.2, 0.25) is 0 Å². The Morgan fingerprint density at radius 1 is 1.57 bits per heavy atom. The number of allylic oxidation sites excluding steroid dienone is 1. The largest absolute Gasteiger partial charge is 0.459 e. The Morgan fingerprint density at radius 2 is 2.29 bits per heavy atom. The van der Waals surface area contributed by atoms with E-state index in [1.807, 2.05) is 29.0 Å². The van der Waals surface area contributed by atoms with Crippen LogP contribution in [0, 0.1) is 29.6 Å². The number of carbonyl (C=O) groups excluding carboxylic acids is 1. The van der Waals surface area contributed by atoms with E-state index in [0.29, 0.717) is 6.54 Å². The highest BCUT2D eigenvalue weighted by Crippen LogP contribution is 2.60. The summed E-state index contributed by atoms with van der Waals surface area (Å²) in [6, 6.07) is 3.81. The summed E-state index contributed by atoms with van der Waals surface area (Å²) in [6.07, 6.45) is 9.20. The number of terminal acetylenes is 1. The molecule has 1 heterocycles. The van der Waals surface area contributed by atoms with Crippen LogP contribution in [0.3, 0.4) is 0 Å². The smallest absolute Gasteiger partial charge is 0.310 e. The van der Waals surface area contributed by atoms with Gasteiger partial charge in [-0.2, -0.15) is 0 Å². The minimum atomic E-state index is -0.157. The van der Waals surface area contributed by atoms with E-state index >= 15 is 0 Å². The summed E-state index contributed by atoms with van der Waals surface area (Å²) in [5.74, 6) is 2.52. The van der Waals surface area contributed by atoms with Crippen LogP contribution in [0.1, 0.15) is 19.5 Å². The maximum Gasteiger partial charge on any atom is 0.310 e. The van der Waals surface area contributed by atoms with Gasteiger partial charge in [0.1, 0.15) is 6.61 Å². The Kier molecular flexibility index (Phi) is 5.00. The fourth-order valence-electron chi connectivity index (χ4n) is 2.64. The molecule has 0 saturated heterocycles. The molecule has 1 aliphatic carbocycles. The van der Waals surface area contributed by atoms with E-state index in [0.717, 1.165) is 9.09 Å². The van der Waals surface area contributed by atoms with Gasteiger partial charge in [-0.3, -0.25) is 4.79 Å². The fourth-order valence-corrected chi connectivity index (χ4v) is 3.21. The van der Waals surface area contributed by atoms with Crippen LogP contribution in [0.25, 0.3) is 0 Å². The van der Waals surface area contributed by atoms with Crippen molar-refractivity contribution in [1.29, 1.82) is 0 Å². The van der Waals surface area contributed by atoms with E-state index in [4.69, 9.17) is 11.2 Å². The Hall–Kier alpha value is -0.990. The molecule has 1 aromatic heterocycles. The molecule has 0 radical (unpaired) electrons. The molecule has 1 fully saturated rings. The predicted octanol–water partition coefficient (Wildman–Crippen LogP) is 4.07. The molecule has 5 heteroatoms. The molecule has 3 nitrogen and oxygen atoms in total. The molecule has 21 heavy (non-hydrogen) atoms. The van der Waals surface area contributed by atoms with Crippen LogP contribution in [-0.2, 0) is 22.7 Å². The number of ether oxygens (including phenoxy) is 1. The second-order valence-corrected chi connectivity index (χ2v) is 8.49. The summed E-state index contributed by atoms with van der Waals surface area (Å²) in [4.78, 5) is 12.2. The average molecular weight is 415 g/mol. The van der Waals surface area contributed by atoms with Crippen molar-refractivity contribution in [3.8, 4) is 12.3 Å². The molecule has 0 bridgehead atoms. The number of esters is 1. The predicted molar refractivity (Wildman–Crippen MR) is 89.8 cm³/mol. The zero-order chi connectivity index (χ0) is 15.6. The fraction of sp³-hybridized carbons (Fsp3) is 0.438. The molecule has 0 aromatic carbocycles. The molecule has 2 atom stereocenters. The lowest BCUT2D eigenvalue weighted by atomic mass is 10.1. The summed E-state index contributed by atoms with van der Waals surface area (Å²) in [6.45, 7) is 4.89. The molecule has 0 N–H and O–H groups in total. The highest BCUT2D eigenvalue weighted by molar-refractivity contribution is 9.28. The van der Waals surface area contributed by atoms with Gasteiger partial charge >= 0.3 is 5.97 Å². The number of nitrogens with zero attached hydrogens (tertiary/aromatic N) is 1. The second-order valence-electron chi connectivity index (χ2n) is 5.72. The molecule has 2 rings (SSSR count). The third-order valence-corrected chi connectivity index (χ3v) is 4.55. The Labute approximate surface area is 142 Å². The van der Waals surface area contributed by atoms with E-state index in [1.165, 1.54) is 0 Å². The summed E-state index contributed by atoms with van der Waals surface area (Å²) < 4.78 is 8.22. The van der Waals surface area contributed by atoms with Crippen LogP contribution in [0.15, 0.2) is 27.8 Å². The summed E-state index contributed by atoms with van der Waals surface area (Å²) in [5, 5.41) is 0. The minimum Gasteiger partial charge on any atom is -0.459 e. The van der Waals surface area contributed by atoms with E-state index in [2.05, 4.69) is 51.6 Å². The number of rotatable bonds is 5. The average Bonchev–Trinajstić information content (AvgIpc) is 2.73. The molecule has 0 unspecified atom stereocenters. The van der Waals surface area contributed by atoms with Crippen molar-refractivity contribution < 1.29 is 9.53 Å². The SMILES string of the molecule is C#CCn1cccc1COC(=O)[C@@H]1[C@H](C=C(Br)Br)C1(C)C. The standard InChI is InChI=1S/C16H17Br2NO2/c1-4-7-19-8-5-6-11(19)10-21-15(20)14-12(9-13(17)18)16(14,2)3/h1,5-6,8-9,12,14H,7,10H2,2-3H3/t12-,14-/m0/s1. The van der Waals surface area contributed by atoms with E-state index in [9.17, 15) is 4.79 Å². The Morgan fingerprint density at radius 3 is 2.90 bits per heavy atom. The van der Waals surface area contributed by atoms with Gasteiger partial charge in [0, 0.05) is 6.20 Å². The topological polar surface area (TPSA) is 31.2 Å². The van der Waals surface area contributed by atoms with Gasteiger partial charge in [-0.1, -0.05) is 25.8 Å². The molecular formula is C16H17Br2NO2. The van der Waals surface area contributed by atoms with Crippen molar-refractivity contribution in [2.75, 3.05) is 0 Å². The van der Waals surface area contributed by atoms with Gasteiger partial charge in [0.15, 0.2) is 0 Å². The first-order valence-electron chi connectivity index (χ1n) is 6.65. The van der Waals surface area contributed by atoms with Crippen LogP contribution in [0.5, 0.6) is 0 Å². The van der Waals surface area contributed by atoms with E-state index in [-0.39, 0.29) is 29.8 Å². The third-order valence-electron chi connectivity index (χ3n) is 4.02. The van der Waals surface area contributed by atoms with Crippen molar-refractivity contribution in [3.05, 3.63) is 33.5 Å². The third kappa shape index (κ3) is 3.61. The van der Waals surface area contributed by atoms with Crippen molar-refractivity contribution in [1.82, 2.24) is 4.57 Å². The van der Waals surface area contributed by atoms with Gasteiger partial charge in [-0.15, -0.1) is 6.42 Å². The number of halogens is 2. The lowest BCUT2D eigenvalue weighted by Crippen LogP contribution is -2.12. The lowest BCUT2D eigenvalue weighted by Gasteiger charge is -2.08. The first kappa shape index (κ1) is 16.4. The van der Waals surface area contributed by atoms with Gasteiger partial charge in [-0.25, -0.2) is 0 Å². The summed E-state index contributed by atoms with van der Waals surface area (Å²) in [7, 11) is 0. The van der Waals surface area contributed by atoms with Crippen molar-refractivity contribution in [3.63, 3.8) is 0 Å². The van der Waals surface area contributed by atoms with Gasteiger partial charge in [0.25, 0.3) is 0 Å². The zero-order valence-corrected chi connectivity index (χ0v) is 15.1. The van der Waals surface area contributed by atoms with Crippen LogP contribution >= 0.6 is 31.9 Å². The molecule has 0 spiro atoms. The highest BCUT2D eigenvalue weighted by Gasteiger charge is 2.61.